The van der Waals surface area contributed by atoms with Gasteiger partial charge in [-0.25, -0.2) is 4.79 Å². The number of anilines is 3. The van der Waals surface area contributed by atoms with Crippen molar-refractivity contribution in [2.45, 2.75) is 26.1 Å². The number of nitrogens with one attached hydrogen (secondary N) is 2. The van der Waals surface area contributed by atoms with Gasteiger partial charge in [-0.2, -0.15) is 13.2 Å². The van der Waals surface area contributed by atoms with Gasteiger partial charge in [-0.1, -0.05) is 30.7 Å². The predicted molar refractivity (Wildman–Crippen MR) is 141 cm³/mol. The fourth-order valence-corrected chi connectivity index (χ4v) is 4.01. The van der Waals surface area contributed by atoms with E-state index < -0.39 is 17.8 Å². The summed E-state index contributed by atoms with van der Waals surface area (Å²) in [7, 11) is 3.76. The molecule has 0 spiro atoms. The third-order valence-corrected chi connectivity index (χ3v) is 5.87. The Kier molecular flexibility index (Phi) is 9.04. The highest BCUT2D eigenvalue weighted by Gasteiger charge is 2.30. The summed E-state index contributed by atoms with van der Waals surface area (Å²) in [5.41, 5.74) is 1.95. The van der Waals surface area contributed by atoms with Crippen molar-refractivity contribution < 1.29 is 22.8 Å². The van der Waals surface area contributed by atoms with Crippen LogP contribution in [0.15, 0.2) is 66.7 Å². The lowest BCUT2D eigenvalue weighted by Crippen LogP contribution is -2.32. The van der Waals surface area contributed by atoms with Gasteiger partial charge in [0.25, 0.3) is 5.91 Å². The summed E-state index contributed by atoms with van der Waals surface area (Å²) in [4.78, 5) is 29.4. The van der Waals surface area contributed by atoms with Crippen LogP contribution in [-0.2, 0) is 12.7 Å². The van der Waals surface area contributed by atoms with Crippen LogP contribution < -0.4 is 15.5 Å². The highest BCUT2D eigenvalue weighted by molar-refractivity contribution is 6.33. The Labute approximate surface area is 219 Å². The normalized spacial score (nSPS) is 11.1. The maximum atomic E-state index is 13.3. The van der Waals surface area contributed by atoms with Gasteiger partial charge in [0.2, 0.25) is 0 Å². The highest BCUT2D eigenvalue weighted by atomic mass is 35.5. The number of urea groups is 1. The summed E-state index contributed by atoms with van der Waals surface area (Å²) in [6.07, 6.45) is -3.72. The van der Waals surface area contributed by atoms with E-state index in [0.29, 0.717) is 22.8 Å². The van der Waals surface area contributed by atoms with Crippen molar-refractivity contribution in [1.82, 2.24) is 4.90 Å². The third-order valence-electron chi connectivity index (χ3n) is 5.54. The van der Waals surface area contributed by atoms with Crippen molar-refractivity contribution in [3.63, 3.8) is 0 Å². The van der Waals surface area contributed by atoms with Crippen molar-refractivity contribution in [2.24, 2.45) is 0 Å². The number of alkyl halides is 3. The van der Waals surface area contributed by atoms with Gasteiger partial charge in [-0.05, 0) is 66.6 Å². The molecule has 3 amide bonds. The van der Waals surface area contributed by atoms with Crippen LogP contribution in [-0.4, -0.2) is 37.5 Å². The maximum Gasteiger partial charge on any atom is 0.416 e. The standard InChI is InChI=1S/C27H28ClF3N4O2/c1-4-15-35(25(36)22-7-5-6-8-23(22)28)17-18-16-21(13-14-24(18)34(2)3)33-26(37)32-20-11-9-19(10-12-20)27(29,30)31/h5-14,16H,4,15,17H2,1-3H3,(H2,32,33,37). The number of nitrogens with zero attached hydrogens (tertiary/aromatic N) is 2. The van der Waals surface area contributed by atoms with Gasteiger partial charge in [-0.15, -0.1) is 0 Å². The first-order valence-electron chi connectivity index (χ1n) is 11.6. The molecule has 3 aromatic carbocycles. The molecule has 0 fully saturated rings. The van der Waals surface area contributed by atoms with Crippen LogP contribution in [0.5, 0.6) is 0 Å². The summed E-state index contributed by atoms with van der Waals surface area (Å²) < 4.78 is 38.3. The van der Waals surface area contributed by atoms with Gasteiger partial charge >= 0.3 is 12.2 Å². The Morgan fingerprint density at radius 2 is 1.54 bits per heavy atom. The van der Waals surface area contributed by atoms with Crippen molar-refractivity contribution in [3.8, 4) is 0 Å². The first-order valence-corrected chi connectivity index (χ1v) is 12.0. The Balaban J connectivity index is 1.79. The summed E-state index contributed by atoms with van der Waals surface area (Å²) in [6.45, 7) is 2.76. The molecule has 37 heavy (non-hydrogen) atoms. The molecule has 0 saturated carbocycles. The van der Waals surface area contributed by atoms with Crippen LogP contribution in [0, 0.1) is 0 Å². The van der Waals surface area contributed by atoms with Gasteiger partial charge in [-0.3, -0.25) is 4.79 Å². The van der Waals surface area contributed by atoms with Crippen molar-refractivity contribution in [3.05, 3.63) is 88.4 Å². The molecule has 0 bridgehead atoms. The molecular weight excluding hydrogens is 505 g/mol. The zero-order valence-electron chi connectivity index (χ0n) is 20.7. The second-order valence-electron chi connectivity index (χ2n) is 8.60. The average Bonchev–Trinajstić information content (AvgIpc) is 2.83. The van der Waals surface area contributed by atoms with Crippen LogP contribution >= 0.6 is 11.6 Å². The highest BCUT2D eigenvalue weighted by Crippen LogP contribution is 2.30. The summed E-state index contributed by atoms with van der Waals surface area (Å²) in [5.74, 6) is -0.199. The van der Waals surface area contributed by atoms with E-state index in [-0.39, 0.29) is 18.1 Å². The Morgan fingerprint density at radius 3 is 2.14 bits per heavy atom. The molecule has 0 aliphatic carbocycles. The molecule has 0 aromatic heterocycles. The van der Waals surface area contributed by atoms with Crippen LogP contribution in [0.1, 0.15) is 34.8 Å². The molecule has 6 nitrogen and oxygen atoms in total. The van der Waals surface area contributed by atoms with E-state index in [1.165, 1.54) is 12.1 Å². The smallest absolute Gasteiger partial charge is 0.377 e. The molecule has 0 unspecified atom stereocenters. The largest absolute Gasteiger partial charge is 0.416 e. The number of carbonyl (C=O) groups excluding carboxylic acids is 2. The number of amides is 3. The van der Waals surface area contributed by atoms with Crippen molar-refractivity contribution in [2.75, 3.05) is 36.2 Å². The molecule has 196 valence electrons. The number of carbonyl (C=O) groups is 2. The molecule has 2 N–H and O–H groups in total. The Hall–Kier alpha value is -3.72. The van der Waals surface area contributed by atoms with Crippen LogP contribution in [0.25, 0.3) is 0 Å². The molecule has 0 heterocycles. The van der Waals surface area contributed by atoms with Gasteiger partial charge in [0.05, 0.1) is 16.1 Å². The lowest BCUT2D eigenvalue weighted by atomic mass is 10.1. The van der Waals surface area contributed by atoms with E-state index in [2.05, 4.69) is 10.6 Å². The van der Waals surface area contributed by atoms with E-state index >= 15 is 0 Å². The second kappa shape index (κ2) is 12.0. The minimum atomic E-state index is -4.45. The number of rotatable bonds is 8. The second-order valence-corrected chi connectivity index (χ2v) is 9.01. The monoisotopic (exact) mass is 532 g/mol. The van der Waals surface area contributed by atoms with E-state index in [9.17, 15) is 22.8 Å². The summed E-state index contributed by atoms with van der Waals surface area (Å²) in [6, 6.07) is 15.7. The van der Waals surface area contributed by atoms with E-state index in [1.54, 1.807) is 41.3 Å². The quantitative estimate of drug-likeness (QED) is 0.324. The Morgan fingerprint density at radius 1 is 0.919 bits per heavy atom. The lowest BCUT2D eigenvalue weighted by Gasteiger charge is -2.26. The van der Waals surface area contributed by atoms with Crippen molar-refractivity contribution in [1.29, 1.82) is 0 Å². The SMILES string of the molecule is CCCN(Cc1cc(NC(=O)Nc2ccc(C(F)(F)F)cc2)ccc1N(C)C)C(=O)c1ccccc1Cl. The zero-order valence-corrected chi connectivity index (χ0v) is 21.5. The van der Waals surface area contributed by atoms with E-state index in [4.69, 9.17) is 11.6 Å². The molecule has 0 radical (unpaired) electrons. The van der Waals surface area contributed by atoms with Crippen LogP contribution in [0.3, 0.4) is 0 Å². The fraction of sp³-hybridized carbons (Fsp3) is 0.259. The molecule has 10 heteroatoms. The molecule has 0 atom stereocenters. The molecular formula is C27H28ClF3N4O2. The van der Waals surface area contributed by atoms with Gasteiger partial charge in [0, 0.05) is 44.2 Å². The third kappa shape index (κ3) is 7.39. The number of hydrogen-bond acceptors (Lipinski definition) is 3. The summed E-state index contributed by atoms with van der Waals surface area (Å²) in [5, 5.41) is 5.60. The molecule has 0 aliphatic rings. The zero-order chi connectivity index (χ0) is 27.2. The number of hydrogen-bond donors (Lipinski definition) is 2. The van der Waals surface area contributed by atoms with E-state index in [1.807, 2.05) is 32.0 Å². The first kappa shape index (κ1) is 27.9. The predicted octanol–water partition coefficient (Wildman–Crippen LogP) is 7.12. The first-order chi connectivity index (χ1) is 17.5. The van der Waals surface area contributed by atoms with Gasteiger partial charge < -0.3 is 20.4 Å². The summed E-state index contributed by atoms with van der Waals surface area (Å²) >= 11 is 6.26. The van der Waals surface area contributed by atoms with E-state index in [0.717, 1.165) is 29.8 Å². The minimum Gasteiger partial charge on any atom is -0.377 e. The average molecular weight is 533 g/mol. The molecule has 3 rings (SSSR count). The topological polar surface area (TPSA) is 64.7 Å². The number of halogens is 4. The Bertz CT molecular complexity index is 1250. The molecule has 0 aliphatic heterocycles. The van der Waals surface area contributed by atoms with Crippen LogP contribution in [0.2, 0.25) is 5.02 Å². The van der Waals surface area contributed by atoms with Crippen molar-refractivity contribution >= 4 is 40.6 Å². The fourth-order valence-electron chi connectivity index (χ4n) is 3.80. The lowest BCUT2D eigenvalue weighted by molar-refractivity contribution is -0.137. The molecule has 3 aromatic rings. The minimum absolute atomic E-state index is 0.199. The maximum absolute atomic E-state index is 13.3. The van der Waals surface area contributed by atoms with Gasteiger partial charge in [0.1, 0.15) is 0 Å². The molecule has 0 saturated heterocycles. The number of benzene rings is 3. The van der Waals surface area contributed by atoms with Crippen LogP contribution in [0.4, 0.5) is 35.0 Å². The van der Waals surface area contributed by atoms with Gasteiger partial charge in [0.15, 0.2) is 0 Å².